The average Bonchev–Trinajstić information content (AvgIpc) is 3.32. The van der Waals surface area contributed by atoms with Gasteiger partial charge in [-0.25, -0.2) is 13.1 Å². The van der Waals surface area contributed by atoms with Crippen LogP contribution in [0.4, 0.5) is 5.69 Å². The van der Waals surface area contributed by atoms with E-state index in [0.717, 1.165) is 51.7 Å². The van der Waals surface area contributed by atoms with Gasteiger partial charge in [-0.1, -0.05) is 31.0 Å². The lowest BCUT2D eigenvalue weighted by Gasteiger charge is -2.26. The number of carbonyl (C=O) groups excluding carboxylic acids is 1. The molecule has 32 heavy (non-hydrogen) atoms. The Morgan fingerprint density at radius 3 is 2.47 bits per heavy atom. The van der Waals surface area contributed by atoms with E-state index < -0.39 is 10.0 Å². The molecule has 2 aromatic rings. The van der Waals surface area contributed by atoms with Crippen LogP contribution in [0.3, 0.4) is 0 Å². The summed E-state index contributed by atoms with van der Waals surface area (Å²) in [6.07, 6.45) is 4.82. The van der Waals surface area contributed by atoms with Crippen LogP contribution in [0.5, 0.6) is 0 Å². The zero-order valence-electron chi connectivity index (χ0n) is 18.3. The average molecular weight is 474 g/mol. The van der Waals surface area contributed by atoms with E-state index in [2.05, 4.69) is 14.9 Å². The monoisotopic (exact) mass is 473 g/mol. The fourth-order valence-electron chi connectivity index (χ4n) is 4.21. The van der Waals surface area contributed by atoms with Crippen LogP contribution in [0.1, 0.15) is 41.6 Å². The van der Waals surface area contributed by atoms with Gasteiger partial charge in [-0.15, -0.1) is 0 Å². The van der Waals surface area contributed by atoms with Gasteiger partial charge < -0.3 is 10.2 Å². The standard InChI is InChI=1S/C24H31N3O3S2/c28-24(20-4-3-7-23(18-20)32(29,30)26-22-5-1-2-6-22)25-21-10-8-19(9-11-21)12-13-27-14-16-31-17-15-27/h3-4,7-11,18,22,26H,1-2,5-6,12-17H2,(H,25,28). The molecule has 2 fully saturated rings. The maximum absolute atomic E-state index is 12.7. The normalized spacial score (nSPS) is 18.0. The van der Waals surface area contributed by atoms with Crippen LogP contribution in [-0.4, -0.2) is 56.4 Å². The van der Waals surface area contributed by atoms with Gasteiger partial charge in [0, 0.05) is 48.4 Å². The predicted octanol–water partition coefficient (Wildman–Crippen LogP) is 3.75. The smallest absolute Gasteiger partial charge is 0.255 e. The van der Waals surface area contributed by atoms with Crippen LogP contribution < -0.4 is 10.0 Å². The number of carbonyl (C=O) groups is 1. The Labute approximate surface area is 195 Å². The highest BCUT2D eigenvalue weighted by atomic mass is 32.2. The van der Waals surface area contributed by atoms with E-state index >= 15 is 0 Å². The number of amides is 1. The number of nitrogens with zero attached hydrogens (tertiary/aromatic N) is 1. The first-order valence-electron chi connectivity index (χ1n) is 11.3. The van der Waals surface area contributed by atoms with Crippen LogP contribution in [0.2, 0.25) is 0 Å². The van der Waals surface area contributed by atoms with Gasteiger partial charge in [-0.05, 0) is 55.2 Å². The molecule has 1 heterocycles. The van der Waals surface area contributed by atoms with Crippen LogP contribution >= 0.6 is 11.8 Å². The first-order chi connectivity index (χ1) is 15.5. The third-order valence-corrected chi connectivity index (χ3v) is 8.58. The van der Waals surface area contributed by atoms with E-state index in [9.17, 15) is 13.2 Å². The van der Waals surface area contributed by atoms with Gasteiger partial charge in [0.25, 0.3) is 5.91 Å². The first kappa shape index (κ1) is 23.3. The third kappa shape index (κ3) is 6.34. The summed E-state index contributed by atoms with van der Waals surface area (Å²) in [5.74, 6) is 2.11. The summed E-state index contributed by atoms with van der Waals surface area (Å²) in [5, 5.41) is 2.88. The number of anilines is 1. The zero-order valence-corrected chi connectivity index (χ0v) is 19.9. The van der Waals surface area contributed by atoms with Gasteiger partial charge in [0.2, 0.25) is 10.0 Å². The predicted molar refractivity (Wildman–Crippen MR) is 131 cm³/mol. The molecule has 0 bridgehead atoms. The number of sulfonamides is 1. The number of nitrogens with one attached hydrogen (secondary N) is 2. The Kier molecular flexibility index (Phi) is 7.88. The molecule has 172 valence electrons. The highest BCUT2D eigenvalue weighted by Gasteiger charge is 2.23. The van der Waals surface area contributed by atoms with Crippen LogP contribution in [0.25, 0.3) is 0 Å². The summed E-state index contributed by atoms with van der Waals surface area (Å²) in [5.41, 5.74) is 2.27. The molecule has 0 radical (unpaired) electrons. The molecule has 6 nitrogen and oxygen atoms in total. The molecule has 4 rings (SSSR count). The van der Waals surface area contributed by atoms with E-state index in [1.54, 1.807) is 12.1 Å². The van der Waals surface area contributed by atoms with Crippen LogP contribution in [-0.2, 0) is 16.4 Å². The Bertz CT molecular complexity index is 1010. The second kappa shape index (κ2) is 10.8. The van der Waals surface area contributed by atoms with Gasteiger partial charge in [0.1, 0.15) is 0 Å². The lowest BCUT2D eigenvalue weighted by Crippen LogP contribution is -2.34. The topological polar surface area (TPSA) is 78.5 Å². The molecule has 2 aliphatic rings. The van der Waals surface area contributed by atoms with Crippen molar-refractivity contribution in [2.45, 2.75) is 43.0 Å². The summed E-state index contributed by atoms with van der Waals surface area (Å²) >= 11 is 2.02. The van der Waals surface area contributed by atoms with Crippen molar-refractivity contribution in [3.05, 3.63) is 59.7 Å². The Morgan fingerprint density at radius 2 is 1.75 bits per heavy atom. The summed E-state index contributed by atoms with van der Waals surface area (Å²) < 4.78 is 28.1. The van der Waals surface area contributed by atoms with E-state index in [4.69, 9.17) is 0 Å². The van der Waals surface area contributed by atoms with Crippen molar-refractivity contribution in [1.82, 2.24) is 9.62 Å². The Balaban J connectivity index is 1.34. The van der Waals surface area contributed by atoms with E-state index in [1.165, 1.54) is 29.2 Å². The molecular weight excluding hydrogens is 442 g/mol. The van der Waals surface area contributed by atoms with Crippen molar-refractivity contribution < 1.29 is 13.2 Å². The molecule has 1 amide bonds. The molecule has 0 unspecified atom stereocenters. The second-order valence-electron chi connectivity index (χ2n) is 8.49. The molecule has 8 heteroatoms. The summed E-state index contributed by atoms with van der Waals surface area (Å²) in [4.78, 5) is 15.3. The zero-order chi connectivity index (χ0) is 22.4. The molecule has 1 saturated heterocycles. The molecule has 1 saturated carbocycles. The van der Waals surface area contributed by atoms with Crippen molar-refractivity contribution in [3.63, 3.8) is 0 Å². The molecule has 1 aliphatic carbocycles. The molecule has 0 aromatic heterocycles. The van der Waals surface area contributed by atoms with Gasteiger partial charge in [-0.2, -0.15) is 11.8 Å². The largest absolute Gasteiger partial charge is 0.322 e. The third-order valence-electron chi connectivity index (χ3n) is 6.12. The van der Waals surface area contributed by atoms with E-state index in [-0.39, 0.29) is 16.8 Å². The second-order valence-corrected chi connectivity index (χ2v) is 11.4. The van der Waals surface area contributed by atoms with Crippen LogP contribution in [0, 0.1) is 0 Å². The number of benzene rings is 2. The summed E-state index contributed by atoms with van der Waals surface area (Å²) in [7, 11) is -3.63. The number of thioether (sulfide) groups is 1. The number of rotatable bonds is 8. The molecule has 2 aromatic carbocycles. The maximum Gasteiger partial charge on any atom is 0.255 e. The van der Waals surface area contributed by atoms with Gasteiger partial charge >= 0.3 is 0 Å². The van der Waals surface area contributed by atoms with Gasteiger partial charge in [0.15, 0.2) is 0 Å². The molecule has 2 N–H and O–H groups in total. The SMILES string of the molecule is O=C(Nc1ccc(CCN2CCSCC2)cc1)c1cccc(S(=O)(=O)NC2CCCC2)c1. The highest BCUT2D eigenvalue weighted by Crippen LogP contribution is 2.21. The maximum atomic E-state index is 12.7. The van der Waals surface area contributed by atoms with Crippen molar-refractivity contribution in [3.8, 4) is 0 Å². The Hall–Kier alpha value is -1.87. The van der Waals surface area contributed by atoms with Gasteiger partial charge in [0.05, 0.1) is 4.90 Å². The molecule has 0 atom stereocenters. The van der Waals surface area contributed by atoms with Crippen molar-refractivity contribution in [2.24, 2.45) is 0 Å². The fraction of sp³-hybridized carbons (Fsp3) is 0.458. The molecular formula is C24H31N3O3S2. The highest BCUT2D eigenvalue weighted by molar-refractivity contribution is 7.99. The molecule has 1 aliphatic heterocycles. The van der Waals surface area contributed by atoms with Crippen molar-refractivity contribution in [1.29, 1.82) is 0 Å². The number of hydrogen-bond acceptors (Lipinski definition) is 5. The minimum absolute atomic E-state index is 0.00945. The minimum atomic E-state index is -3.63. The lowest BCUT2D eigenvalue weighted by atomic mass is 10.1. The quantitative estimate of drug-likeness (QED) is 0.611. The lowest BCUT2D eigenvalue weighted by molar-refractivity contribution is 0.102. The Morgan fingerprint density at radius 1 is 1.03 bits per heavy atom. The fourth-order valence-corrected chi connectivity index (χ4v) is 6.53. The minimum Gasteiger partial charge on any atom is -0.322 e. The number of hydrogen-bond donors (Lipinski definition) is 2. The summed E-state index contributed by atoms with van der Waals surface area (Å²) in [6, 6.07) is 14.1. The first-order valence-corrected chi connectivity index (χ1v) is 14.0. The van der Waals surface area contributed by atoms with Crippen molar-refractivity contribution >= 4 is 33.4 Å². The van der Waals surface area contributed by atoms with E-state index in [0.29, 0.717) is 11.3 Å². The van der Waals surface area contributed by atoms with Crippen molar-refractivity contribution in [2.75, 3.05) is 36.5 Å². The van der Waals surface area contributed by atoms with Gasteiger partial charge in [-0.3, -0.25) is 4.79 Å². The molecule has 0 spiro atoms. The van der Waals surface area contributed by atoms with Crippen LogP contribution in [0.15, 0.2) is 53.4 Å². The summed E-state index contributed by atoms with van der Waals surface area (Å²) in [6.45, 7) is 3.37. The van der Waals surface area contributed by atoms with E-state index in [1.807, 2.05) is 36.0 Å².